The number of halogens is 3. The van der Waals surface area contributed by atoms with Crippen molar-refractivity contribution in [3.8, 4) is 0 Å². The van der Waals surface area contributed by atoms with Crippen LogP contribution in [0, 0.1) is 11.8 Å². The molecule has 0 amide bonds. The van der Waals surface area contributed by atoms with Gasteiger partial charge in [0.1, 0.15) is 0 Å². The van der Waals surface area contributed by atoms with Gasteiger partial charge in [-0.1, -0.05) is 0 Å². The third-order valence-corrected chi connectivity index (χ3v) is 5.11. The van der Waals surface area contributed by atoms with Crippen LogP contribution in [-0.2, 0) is 11.0 Å². The molecule has 0 aliphatic heterocycles. The van der Waals surface area contributed by atoms with Crippen LogP contribution in [0.3, 0.4) is 0 Å². The van der Waals surface area contributed by atoms with Crippen LogP contribution in [0.4, 0.5) is 18.9 Å². The van der Waals surface area contributed by atoms with E-state index in [0.29, 0.717) is 31.0 Å². The van der Waals surface area contributed by atoms with Crippen LogP contribution in [-0.4, -0.2) is 30.5 Å². The van der Waals surface area contributed by atoms with Crippen LogP contribution in [0.2, 0.25) is 0 Å². The number of carbonyl (C=O) groups is 2. The van der Waals surface area contributed by atoms with E-state index < -0.39 is 17.7 Å². The lowest BCUT2D eigenvalue weighted by atomic mass is 9.80. The van der Waals surface area contributed by atoms with E-state index in [2.05, 4.69) is 0 Å². The van der Waals surface area contributed by atoms with Crippen LogP contribution >= 0.6 is 0 Å². The molecule has 0 bridgehead atoms. The molecule has 0 heterocycles. The molecule has 0 atom stereocenters. The Balaban J connectivity index is 2.07. The Hall–Kier alpha value is -2.05. The zero-order valence-electron chi connectivity index (χ0n) is 14.8. The van der Waals surface area contributed by atoms with Crippen molar-refractivity contribution in [1.82, 2.24) is 0 Å². The third-order valence-electron chi connectivity index (χ3n) is 5.11. The van der Waals surface area contributed by atoms with Crippen molar-refractivity contribution in [2.75, 3.05) is 18.0 Å². The number of hydrogen-bond donors (Lipinski definition) is 1. The highest BCUT2D eigenvalue weighted by atomic mass is 19.4. The summed E-state index contributed by atoms with van der Waals surface area (Å²) in [6.07, 6.45) is -0.327. The molecule has 0 radical (unpaired) electrons. The monoisotopic (exact) mass is 371 g/mol. The Morgan fingerprint density at radius 2 is 1.85 bits per heavy atom. The van der Waals surface area contributed by atoms with E-state index in [1.807, 2.05) is 11.8 Å². The molecule has 0 spiro atoms. The van der Waals surface area contributed by atoms with E-state index in [1.54, 1.807) is 0 Å². The maximum Gasteiger partial charge on any atom is 0.416 e. The summed E-state index contributed by atoms with van der Waals surface area (Å²) in [5, 5.41) is 8.88. The molecule has 1 aromatic rings. The van der Waals surface area contributed by atoms with E-state index in [1.165, 1.54) is 6.07 Å². The van der Waals surface area contributed by atoms with Crippen molar-refractivity contribution in [2.45, 2.75) is 45.2 Å². The Labute approximate surface area is 151 Å². The summed E-state index contributed by atoms with van der Waals surface area (Å²) in [4.78, 5) is 24.1. The lowest BCUT2D eigenvalue weighted by Crippen LogP contribution is -2.32. The topological polar surface area (TPSA) is 57.6 Å². The fraction of sp³-hybridized carbons (Fsp3) is 0.579. The Morgan fingerprint density at radius 3 is 2.35 bits per heavy atom. The summed E-state index contributed by atoms with van der Waals surface area (Å²) in [6, 6.07) is 3.27. The highest BCUT2D eigenvalue weighted by Crippen LogP contribution is 2.35. The van der Waals surface area contributed by atoms with Gasteiger partial charge in [0.25, 0.3) is 0 Å². The van der Waals surface area contributed by atoms with Crippen molar-refractivity contribution >= 4 is 17.9 Å². The molecule has 1 N–H and O–H groups in total. The normalized spacial score (nSPS) is 20.6. The molecule has 1 aliphatic carbocycles. The molecule has 144 valence electrons. The van der Waals surface area contributed by atoms with Crippen LogP contribution in [0.5, 0.6) is 0 Å². The molecular formula is C19H24F3NO3. The molecule has 26 heavy (non-hydrogen) atoms. The van der Waals surface area contributed by atoms with E-state index in [0.717, 1.165) is 37.8 Å². The van der Waals surface area contributed by atoms with Gasteiger partial charge in [-0.25, -0.2) is 0 Å². The standard InChI is InChI=1S/C19H24F3NO3/c1-2-23(11-14-5-3-13(4-6-14)9-18(25)26)17-8-7-16(19(20,21)22)10-15(17)12-24/h7-8,10,12-14H,2-6,9,11H2,1H3,(H,25,26). The molecule has 2 rings (SSSR count). The van der Waals surface area contributed by atoms with Gasteiger partial charge in [0.2, 0.25) is 0 Å². The molecule has 0 unspecified atom stereocenters. The average Bonchev–Trinajstić information content (AvgIpc) is 2.59. The number of carboxylic acids is 1. The predicted molar refractivity (Wildman–Crippen MR) is 92.4 cm³/mol. The zero-order chi connectivity index (χ0) is 19.3. The number of alkyl halides is 3. The Morgan fingerprint density at radius 1 is 1.23 bits per heavy atom. The summed E-state index contributed by atoms with van der Waals surface area (Å²) >= 11 is 0. The van der Waals surface area contributed by atoms with E-state index in [-0.39, 0.29) is 17.9 Å². The molecule has 0 aromatic heterocycles. The summed E-state index contributed by atoms with van der Waals surface area (Å²) in [7, 11) is 0. The van der Waals surface area contributed by atoms with Crippen LogP contribution in [0.1, 0.15) is 54.9 Å². The fourth-order valence-corrected chi connectivity index (χ4v) is 3.69. The number of carboxylic acid groups (broad SMARTS) is 1. The molecule has 7 heteroatoms. The lowest BCUT2D eigenvalue weighted by molar-refractivity contribution is -0.139. The van der Waals surface area contributed by atoms with Crippen LogP contribution in [0.15, 0.2) is 18.2 Å². The molecule has 1 saturated carbocycles. The minimum absolute atomic E-state index is 0.0428. The van der Waals surface area contributed by atoms with Gasteiger partial charge in [0.15, 0.2) is 6.29 Å². The minimum atomic E-state index is -4.48. The summed E-state index contributed by atoms with van der Waals surface area (Å²) in [5.74, 6) is -0.221. The Bertz CT molecular complexity index is 637. The van der Waals surface area contributed by atoms with Gasteiger partial charge in [-0.05, 0) is 62.6 Å². The number of aldehydes is 1. The Kier molecular flexibility index (Phi) is 6.67. The maximum absolute atomic E-state index is 12.8. The number of anilines is 1. The number of nitrogens with zero attached hydrogens (tertiary/aromatic N) is 1. The molecule has 4 nitrogen and oxygen atoms in total. The second-order valence-electron chi connectivity index (χ2n) is 6.91. The zero-order valence-corrected chi connectivity index (χ0v) is 14.8. The number of carbonyl (C=O) groups excluding carboxylic acids is 1. The van der Waals surface area contributed by atoms with Gasteiger partial charge in [0, 0.05) is 30.8 Å². The van der Waals surface area contributed by atoms with Crippen molar-refractivity contribution in [3.63, 3.8) is 0 Å². The van der Waals surface area contributed by atoms with Gasteiger partial charge in [-0.3, -0.25) is 9.59 Å². The lowest BCUT2D eigenvalue weighted by Gasteiger charge is -2.33. The largest absolute Gasteiger partial charge is 0.481 e. The molecular weight excluding hydrogens is 347 g/mol. The number of rotatable bonds is 7. The summed E-state index contributed by atoms with van der Waals surface area (Å²) < 4.78 is 38.5. The van der Waals surface area contributed by atoms with Crippen molar-refractivity contribution in [1.29, 1.82) is 0 Å². The summed E-state index contributed by atoms with van der Waals surface area (Å²) in [6.45, 7) is 3.14. The number of benzene rings is 1. The fourth-order valence-electron chi connectivity index (χ4n) is 3.69. The average molecular weight is 371 g/mol. The first-order chi connectivity index (χ1) is 12.2. The predicted octanol–water partition coefficient (Wildman–Crippen LogP) is 4.63. The van der Waals surface area contributed by atoms with Gasteiger partial charge >= 0.3 is 12.1 Å². The highest BCUT2D eigenvalue weighted by Gasteiger charge is 2.31. The van der Waals surface area contributed by atoms with Gasteiger partial charge in [0.05, 0.1) is 5.56 Å². The highest BCUT2D eigenvalue weighted by molar-refractivity contribution is 5.85. The molecule has 1 aliphatic rings. The molecule has 1 fully saturated rings. The summed E-state index contributed by atoms with van der Waals surface area (Å²) in [5.41, 5.74) is -0.266. The number of hydrogen-bond acceptors (Lipinski definition) is 3. The molecule has 1 aromatic carbocycles. The smallest absolute Gasteiger partial charge is 0.416 e. The van der Waals surface area contributed by atoms with Crippen LogP contribution < -0.4 is 4.90 Å². The first-order valence-corrected chi connectivity index (χ1v) is 8.87. The van der Waals surface area contributed by atoms with Gasteiger partial charge in [-0.15, -0.1) is 0 Å². The molecule has 0 saturated heterocycles. The second kappa shape index (κ2) is 8.56. The maximum atomic E-state index is 12.8. The minimum Gasteiger partial charge on any atom is -0.481 e. The second-order valence-corrected chi connectivity index (χ2v) is 6.91. The number of aliphatic carboxylic acids is 1. The van der Waals surface area contributed by atoms with Gasteiger partial charge < -0.3 is 10.0 Å². The van der Waals surface area contributed by atoms with E-state index in [4.69, 9.17) is 5.11 Å². The van der Waals surface area contributed by atoms with E-state index in [9.17, 15) is 22.8 Å². The van der Waals surface area contributed by atoms with Crippen LogP contribution in [0.25, 0.3) is 0 Å². The van der Waals surface area contributed by atoms with E-state index >= 15 is 0 Å². The van der Waals surface area contributed by atoms with Crippen molar-refractivity contribution in [2.24, 2.45) is 11.8 Å². The first kappa shape index (κ1) is 20.3. The van der Waals surface area contributed by atoms with Gasteiger partial charge in [-0.2, -0.15) is 13.2 Å². The SMILES string of the molecule is CCN(CC1CCC(CC(=O)O)CC1)c1ccc(C(F)(F)F)cc1C=O. The third kappa shape index (κ3) is 5.22. The van der Waals surface area contributed by atoms with Crippen molar-refractivity contribution in [3.05, 3.63) is 29.3 Å². The van der Waals surface area contributed by atoms with Crippen molar-refractivity contribution < 1.29 is 27.9 Å². The first-order valence-electron chi connectivity index (χ1n) is 8.87. The quantitative estimate of drug-likeness (QED) is 0.710.